The number of fused-ring (bicyclic) bond motifs is 1. The van der Waals surface area contributed by atoms with Crippen LogP contribution < -0.4 is 0 Å². The quantitative estimate of drug-likeness (QED) is 0.781. The predicted octanol–water partition coefficient (Wildman–Crippen LogP) is 2.90. The Balaban J connectivity index is 1.94. The predicted molar refractivity (Wildman–Crippen MR) is 84.3 cm³/mol. The zero-order chi connectivity index (χ0) is 17.1. The third-order valence-electron chi connectivity index (χ3n) is 4.99. The third kappa shape index (κ3) is 2.25. The molecule has 1 saturated carbocycles. The molecule has 1 fully saturated rings. The first kappa shape index (κ1) is 15.6. The van der Waals surface area contributed by atoms with Crippen molar-refractivity contribution in [2.24, 2.45) is 10.9 Å². The molecule has 4 rings (SSSR count). The Morgan fingerprint density at radius 1 is 1.04 bits per heavy atom. The highest BCUT2D eigenvalue weighted by Crippen LogP contribution is 2.48. The first-order chi connectivity index (χ1) is 11.4. The molecular weight excluding hydrogens is 336 g/mol. The average Bonchev–Trinajstić information content (AvgIpc) is 2.84. The van der Waals surface area contributed by atoms with Crippen molar-refractivity contribution in [3.8, 4) is 0 Å². The van der Waals surface area contributed by atoms with E-state index in [1.165, 1.54) is 6.07 Å². The van der Waals surface area contributed by atoms with Crippen LogP contribution in [0.15, 0.2) is 33.8 Å². The number of carbonyl (C=O) groups excluding carboxylic acids is 1. The normalized spacial score (nSPS) is 28.4. The van der Waals surface area contributed by atoms with Crippen molar-refractivity contribution in [3.63, 3.8) is 0 Å². The summed E-state index contributed by atoms with van der Waals surface area (Å²) in [6.45, 7) is 0. The summed E-state index contributed by atoms with van der Waals surface area (Å²) in [5.74, 6) is -3.64. The van der Waals surface area contributed by atoms with E-state index < -0.39 is 33.3 Å². The molecule has 0 spiro atoms. The summed E-state index contributed by atoms with van der Waals surface area (Å²) in [5.41, 5.74) is 1.47. The smallest absolute Gasteiger partial charge is 0.177 e. The lowest BCUT2D eigenvalue weighted by Gasteiger charge is -2.34. The largest absolute Gasteiger partial charge is 0.299 e. The van der Waals surface area contributed by atoms with Crippen molar-refractivity contribution < 1.29 is 22.0 Å². The van der Waals surface area contributed by atoms with Crippen molar-refractivity contribution in [2.45, 2.75) is 31.6 Å². The Labute approximate surface area is 138 Å². The van der Waals surface area contributed by atoms with Crippen LogP contribution >= 0.6 is 0 Å². The number of benzene rings is 1. The summed E-state index contributed by atoms with van der Waals surface area (Å²) in [6, 6.07) is 3.35. The van der Waals surface area contributed by atoms with E-state index in [0.717, 1.165) is 12.1 Å². The number of ketones is 1. The molecule has 7 heteroatoms. The molecule has 126 valence electrons. The minimum atomic E-state index is -3.54. The second-order valence-electron chi connectivity index (χ2n) is 6.43. The maximum Gasteiger partial charge on any atom is 0.177 e. The van der Waals surface area contributed by atoms with Crippen LogP contribution in [0.5, 0.6) is 0 Å². The zero-order valence-electron chi connectivity index (χ0n) is 12.8. The molecule has 24 heavy (non-hydrogen) atoms. The zero-order valence-corrected chi connectivity index (χ0v) is 13.6. The van der Waals surface area contributed by atoms with Crippen molar-refractivity contribution in [1.82, 2.24) is 0 Å². The molecule has 2 heterocycles. The van der Waals surface area contributed by atoms with Crippen LogP contribution in [0.2, 0.25) is 0 Å². The van der Waals surface area contributed by atoms with Crippen molar-refractivity contribution >= 4 is 21.3 Å². The summed E-state index contributed by atoms with van der Waals surface area (Å²) in [7, 11) is -3.54. The van der Waals surface area contributed by atoms with E-state index in [1.54, 1.807) is 0 Å². The number of Topliss-reactive ketones (excluding diaryl/α,β-unsaturated/α-hetero) is 1. The topological polar surface area (TPSA) is 63.6 Å². The van der Waals surface area contributed by atoms with Gasteiger partial charge in [-0.25, -0.2) is 17.2 Å². The van der Waals surface area contributed by atoms with Crippen LogP contribution in [0, 0.1) is 17.6 Å². The fraction of sp³-hybridized carbons (Fsp3) is 0.412. The highest BCUT2D eigenvalue weighted by Gasteiger charge is 2.47. The molecular formula is C17H15F2NO3S. The molecule has 4 nitrogen and oxygen atoms in total. The Morgan fingerprint density at radius 3 is 2.58 bits per heavy atom. The molecule has 1 aromatic rings. The average molecular weight is 351 g/mol. The highest BCUT2D eigenvalue weighted by atomic mass is 32.2. The van der Waals surface area contributed by atoms with Crippen molar-refractivity contribution in [3.05, 3.63) is 46.0 Å². The highest BCUT2D eigenvalue weighted by molar-refractivity contribution is 7.95. The monoisotopic (exact) mass is 351 g/mol. The van der Waals surface area contributed by atoms with E-state index in [-0.39, 0.29) is 16.4 Å². The number of nitrogens with zero attached hydrogens (tertiary/aromatic N) is 1. The number of aliphatic imine (C=N–C) groups is 1. The number of hydrogen-bond donors (Lipinski definition) is 0. The summed E-state index contributed by atoms with van der Waals surface area (Å²) in [6.07, 6.45) is 1.98. The van der Waals surface area contributed by atoms with Crippen molar-refractivity contribution in [2.75, 3.05) is 5.75 Å². The Hall–Kier alpha value is -1.89. The molecule has 0 bridgehead atoms. The van der Waals surface area contributed by atoms with Crippen LogP contribution in [0.3, 0.4) is 0 Å². The SMILES string of the molecule is O=C1CCCC2=NC3=C(C(c4ccc(F)c(F)c4)C12)S(=O)(=O)CC3. The fourth-order valence-electron chi connectivity index (χ4n) is 3.95. The maximum atomic E-state index is 13.7. The molecule has 2 atom stereocenters. The van der Waals surface area contributed by atoms with Gasteiger partial charge in [0.05, 0.1) is 22.3 Å². The van der Waals surface area contributed by atoms with Gasteiger partial charge in [-0.1, -0.05) is 6.07 Å². The van der Waals surface area contributed by atoms with Gasteiger partial charge < -0.3 is 0 Å². The number of allylic oxidation sites excluding steroid dienone is 2. The van der Waals surface area contributed by atoms with Crippen molar-refractivity contribution in [1.29, 1.82) is 0 Å². The van der Waals surface area contributed by atoms with Crippen LogP contribution in [0.4, 0.5) is 8.78 Å². The Kier molecular flexibility index (Phi) is 3.46. The van der Waals surface area contributed by atoms with Gasteiger partial charge in [-0.3, -0.25) is 9.79 Å². The lowest BCUT2D eigenvalue weighted by molar-refractivity contribution is -0.121. The first-order valence-corrected chi connectivity index (χ1v) is 9.54. The van der Waals surface area contributed by atoms with Gasteiger partial charge in [0.1, 0.15) is 5.78 Å². The second kappa shape index (κ2) is 5.31. The van der Waals surface area contributed by atoms with E-state index >= 15 is 0 Å². The molecule has 1 aromatic carbocycles. The Morgan fingerprint density at radius 2 is 1.83 bits per heavy atom. The lowest BCUT2D eigenvalue weighted by Crippen LogP contribution is -2.38. The minimum absolute atomic E-state index is 0.0461. The van der Waals surface area contributed by atoms with E-state index in [0.29, 0.717) is 42.7 Å². The van der Waals surface area contributed by atoms with Gasteiger partial charge >= 0.3 is 0 Å². The first-order valence-electron chi connectivity index (χ1n) is 7.89. The Bertz CT molecular complexity index is 918. The van der Waals surface area contributed by atoms with Gasteiger partial charge in [-0.15, -0.1) is 0 Å². The molecule has 2 unspecified atom stereocenters. The second-order valence-corrected chi connectivity index (χ2v) is 8.51. The minimum Gasteiger partial charge on any atom is -0.299 e. The molecule has 2 aliphatic heterocycles. The van der Waals surface area contributed by atoms with Gasteiger partial charge in [0.2, 0.25) is 0 Å². The molecule has 0 amide bonds. The molecule has 0 N–H and O–H groups in total. The maximum absolute atomic E-state index is 13.7. The van der Waals surface area contributed by atoms with Gasteiger partial charge in [-0.05, 0) is 30.5 Å². The molecule has 0 aromatic heterocycles. The molecule has 1 aliphatic carbocycles. The number of hydrogen-bond acceptors (Lipinski definition) is 4. The van der Waals surface area contributed by atoms with E-state index in [9.17, 15) is 22.0 Å². The van der Waals surface area contributed by atoms with Gasteiger partial charge in [0.25, 0.3) is 0 Å². The van der Waals surface area contributed by atoms with Crippen LogP contribution in [0.1, 0.15) is 37.2 Å². The standard InChI is InChI=1S/C17H15F2NO3S/c18-10-5-4-9(8-11(10)19)15-16-12(2-1-3-14(16)21)20-13-6-7-24(22,23)17(13)15/h4-5,8,15-16H,1-3,6-7H2. The van der Waals surface area contributed by atoms with Gasteiger partial charge in [0.15, 0.2) is 21.5 Å². The van der Waals surface area contributed by atoms with Crippen LogP contribution in [-0.4, -0.2) is 25.7 Å². The van der Waals surface area contributed by atoms with Crippen LogP contribution in [0.25, 0.3) is 0 Å². The number of carbonyl (C=O) groups is 1. The van der Waals surface area contributed by atoms with E-state index in [4.69, 9.17) is 0 Å². The van der Waals surface area contributed by atoms with Gasteiger partial charge in [-0.2, -0.15) is 0 Å². The molecule has 0 saturated heterocycles. The van der Waals surface area contributed by atoms with E-state index in [2.05, 4.69) is 4.99 Å². The third-order valence-corrected chi connectivity index (χ3v) is 6.89. The van der Waals surface area contributed by atoms with Crippen LogP contribution in [-0.2, 0) is 14.6 Å². The number of sulfone groups is 1. The summed E-state index contributed by atoms with van der Waals surface area (Å²) in [4.78, 5) is 17.1. The molecule has 0 radical (unpaired) electrons. The summed E-state index contributed by atoms with van der Waals surface area (Å²) in [5, 5.41) is 0. The summed E-state index contributed by atoms with van der Waals surface area (Å²) >= 11 is 0. The summed E-state index contributed by atoms with van der Waals surface area (Å²) < 4.78 is 52.0. The number of rotatable bonds is 1. The lowest BCUT2D eigenvalue weighted by atomic mass is 9.72. The molecule has 3 aliphatic rings. The fourth-order valence-corrected chi connectivity index (χ4v) is 5.79. The van der Waals surface area contributed by atoms with Gasteiger partial charge in [0, 0.05) is 24.5 Å². The number of halogens is 2. The van der Waals surface area contributed by atoms with E-state index in [1.807, 2.05) is 0 Å².